The van der Waals surface area contributed by atoms with E-state index in [2.05, 4.69) is 169 Å². The highest BCUT2D eigenvalue weighted by molar-refractivity contribution is 6.08. The van der Waals surface area contributed by atoms with Gasteiger partial charge in [0.2, 0.25) is 0 Å². The van der Waals surface area contributed by atoms with Gasteiger partial charge in [-0.15, -0.1) is 0 Å². The molecule has 0 amide bonds. The van der Waals surface area contributed by atoms with E-state index in [1.807, 2.05) is 6.07 Å². The Hall–Kier alpha value is -6.62. The van der Waals surface area contributed by atoms with Crippen molar-refractivity contribution in [1.29, 1.82) is 10.5 Å². The lowest BCUT2D eigenvalue weighted by Crippen LogP contribution is -2.04. The summed E-state index contributed by atoms with van der Waals surface area (Å²) < 4.78 is 4.62. The molecule has 0 aliphatic carbocycles. The molecule has 4 heteroatoms. The molecule has 0 bridgehead atoms. The van der Waals surface area contributed by atoms with E-state index in [1.54, 1.807) is 6.07 Å². The van der Waals surface area contributed by atoms with E-state index in [0.29, 0.717) is 17.7 Å². The zero-order valence-electron chi connectivity index (χ0n) is 27.4. The average Bonchev–Trinajstić information content (AvgIpc) is 3.62. The highest BCUT2D eigenvalue weighted by atomic mass is 15.0. The van der Waals surface area contributed by atoms with Crippen LogP contribution in [0.4, 0.5) is 0 Å². The predicted octanol–water partition coefficient (Wildman–Crippen LogP) is 11.2. The molecule has 2 aromatic heterocycles. The second-order valence-corrected chi connectivity index (χ2v) is 12.3. The van der Waals surface area contributed by atoms with Crippen LogP contribution in [0.25, 0.3) is 66.7 Å². The molecule has 0 spiro atoms. The molecule has 8 rings (SSSR count). The third-order valence-electron chi connectivity index (χ3n) is 9.64. The van der Waals surface area contributed by atoms with Crippen LogP contribution in [0.3, 0.4) is 0 Å². The number of nitriles is 2. The molecule has 2 heterocycles. The normalized spacial score (nSPS) is 11.4. The Balaban J connectivity index is 1.34. The zero-order valence-corrected chi connectivity index (χ0v) is 27.4. The van der Waals surface area contributed by atoms with Gasteiger partial charge in [-0.2, -0.15) is 10.5 Å². The summed E-state index contributed by atoms with van der Waals surface area (Å²) in [6, 6.07) is 50.7. The lowest BCUT2D eigenvalue weighted by molar-refractivity contribution is 0.866. The Morgan fingerprint density at radius 1 is 0.571 bits per heavy atom. The van der Waals surface area contributed by atoms with Crippen molar-refractivity contribution in [3.63, 3.8) is 0 Å². The summed E-state index contributed by atoms with van der Waals surface area (Å²) in [5, 5.41) is 24.3. The van der Waals surface area contributed by atoms with Crippen LogP contribution in [0.2, 0.25) is 0 Å². The minimum atomic E-state index is 0.477. The van der Waals surface area contributed by atoms with Gasteiger partial charge in [-0.05, 0) is 66.9 Å². The van der Waals surface area contributed by atoms with Gasteiger partial charge in [0, 0.05) is 56.1 Å². The number of rotatable bonds is 6. The van der Waals surface area contributed by atoms with Crippen molar-refractivity contribution in [3.8, 4) is 40.1 Å². The van der Waals surface area contributed by atoms with Crippen LogP contribution in [0.15, 0.2) is 140 Å². The fraction of sp³-hybridized carbons (Fsp3) is 0.0667. The van der Waals surface area contributed by atoms with Gasteiger partial charge in [-0.25, -0.2) is 0 Å². The number of allylic oxidation sites excluding steroid dienone is 1. The molecular weight excluding hydrogens is 597 g/mol. The summed E-state index contributed by atoms with van der Waals surface area (Å²) in [7, 11) is 0. The number of hydrogen-bond acceptors (Lipinski definition) is 2. The summed E-state index contributed by atoms with van der Waals surface area (Å²) in [4.78, 5) is 0. The third-order valence-corrected chi connectivity index (χ3v) is 9.64. The van der Waals surface area contributed by atoms with Crippen LogP contribution in [-0.4, -0.2) is 9.13 Å². The molecule has 0 atom stereocenters. The maximum atomic E-state index is 10.5. The van der Waals surface area contributed by atoms with E-state index < -0.39 is 0 Å². The van der Waals surface area contributed by atoms with Crippen molar-refractivity contribution in [2.24, 2.45) is 0 Å². The predicted molar refractivity (Wildman–Crippen MR) is 202 cm³/mol. The van der Waals surface area contributed by atoms with Gasteiger partial charge in [-0.1, -0.05) is 109 Å². The highest BCUT2D eigenvalue weighted by Crippen LogP contribution is 2.40. The van der Waals surface area contributed by atoms with Crippen LogP contribution >= 0.6 is 0 Å². The fourth-order valence-electron chi connectivity index (χ4n) is 7.47. The molecule has 0 radical (unpaired) electrons. The molecule has 0 fully saturated rings. The van der Waals surface area contributed by atoms with E-state index in [4.69, 9.17) is 0 Å². The molecule has 232 valence electrons. The summed E-state index contributed by atoms with van der Waals surface area (Å²) >= 11 is 0. The second kappa shape index (κ2) is 12.2. The van der Waals surface area contributed by atoms with Crippen molar-refractivity contribution in [2.75, 3.05) is 0 Å². The van der Waals surface area contributed by atoms with Gasteiger partial charge in [-0.3, -0.25) is 0 Å². The maximum absolute atomic E-state index is 10.5. The minimum absolute atomic E-state index is 0.477. The molecule has 0 aliphatic rings. The quantitative estimate of drug-likeness (QED) is 0.184. The van der Waals surface area contributed by atoms with Crippen LogP contribution in [0, 0.1) is 29.6 Å². The van der Waals surface area contributed by atoms with Gasteiger partial charge in [0.25, 0.3) is 0 Å². The van der Waals surface area contributed by atoms with Crippen LogP contribution < -0.4 is 0 Å². The first-order valence-electron chi connectivity index (χ1n) is 16.5. The molecular formula is C45H32N4. The molecule has 4 nitrogen and oxygen atoms in total. The van der Waals surface area contributed by atoms with E-state index in [1.165, 1.54) is 21.7 Å². The monoisotopic (exact) mass is 628 g/mol. The Bertz CT molecular complexity index is 2630. The smallest absolute Gasteiger partial charge is 0.0998 e. The van der Waals surface area contributed by atoms with Crippen molar-refractivity contribution in [1.82, 2.24) is 9.13 Å². The van der Waals surface area contributed by atoms with Gasteiger partial charge < -0.3 is 9.13 Å². The van der Waals surface area contributed by atoms with E-state index in [-0.39, 0.29) is 0 Å². The Morgan fingerprint density at radius 3 is 1.73 bits per heavy atom. The number of fused-ring (bicyclic) bond motifs is 4. The van der Waals surface area contributed by atoms with Gasteiger partial charge in [0.05, 0.1) is 34.5 Å². The van der Waals surface area contributed by atoms with Gasteiger partial charge in [0.15, 0.2) is 0 Å². The number of benzene rings is 6. The third kappa shape index (κ3) is 4.82. The van der Waals surface area contributed by atoms with E-state index in [9.17, 15) is 10.5 Å². The molecule has 0 saturated carbocycles. The van der Waals surface area contributed by atoms with Crippen molar-refractivity contribution < 1.29 is 0 Å². The molecule has 0 N–H and O–H groups in total. The first-order valence-corrected chi connectivity index (χ1v) is 16.5. The SMILES string of the molecule is C/C=C\c1c(C)n(-c2ccccc2-c2ccccc2-c2cc(Cn3c4ccccc4c4ccccc43)c(C#N)cc2C#N)c2ccccc12. The summed E-state index contributed by atoms with van der Waals surface area (Å²) in [5.74, 6) is 0. The molecule has 49 heavy (non-hydrogen) atoms. The Kier molecular flexibility index (Phi) is 7.41. The molecule has 8 aromatic rings. The zero-order chi connectivity index (χ0) is 33.5. The number of nitrogens with zero attached hydrogens (tertiary/aromatic N) is 4. The highest BCUT2D eigenvalue weighted by Gasteiger charge is 2.21. The largest absolute Gasteiger partial charge is 0.336 e. The Morgan fingerprint density at radius 2 is 1.10 bits per heavy atom. The lowest BCUT2D eigenvalue weighted by atomic mass is 9.89. The first-order chi connectivity index (χ1) is 24.1. The molecule has 0 unspecified atom stereocenters. The molecule has 0 saturated heterocycles. The van der Waals surface area contributed by atoms with Crippen LogP contribution in [-0.2, 0) is 6.54 Å². The minimum Gasteiger partial charge on any atom is -0.336 e. The average molecular weight is 629 g/mol. The Labute approximate surface area is 285 Å². The topological polar surface area (TPSA) is 57.4 Å². The van der Waals surface area contributed by atoms with Crippen LogP contribution in [0.1, 0.15) is 34.9 Å². The fourth-order valence-corrected chi connectivity index (χ4v) is 7.47. The second-order valence-electron chi connectivity index (χ2n) is 12.3. The standard InChI is InChI=1S/C45H32N4/c1-3-14-34-30(2)49(44-23-12-8-17-37(34)44)45-24-13-9-18-38(45)35-15-4-5-16-36(35)41-26-33(31(27-46)25-32(41)28-47)29-48-42-21-10-6-19-39(42)40-20-7-11-22-43(40)48/h3-26H,29H2,1-2H3/b14-3-. The lowest BCUT2D eigenvalue weighted by Gasteiger charge is -2.19. The molecule has 6 aromatic carbocycles. The maximum Gasteiger partial charge on any atom is 0.0998 e. The van der Waals surface area contributed by atoms with E-state index in [0.717, 1.165) is 55.7 Å². The number of aromatic nitrogens is 2. The first kappa shape index (κ1) is 29.8. The van der Waals surface area contributed by atoms with Gasteiger partial charge >= 0.3 is 0 Å². The van der Waals surface area contributed by atoms with Crippen molar-refractivity contribution in [3.05, 3.63) is 167 Å². The summed E-state index contributed by atoms with van der Waals surface area (Å²) in [6.07, 6.45) is 4.27. The number of hydrogen-bond donors (Lipinski definition) is 0. The molecule has 0 aliphatic heterocycles. The van der Waals surface area contributed by atoms with E-state index >= 15 is 0 Å². The van der Waals surface area contributed by atoms with Crippen molar-refractivity contribution in [2.45, 2.75) is 20.4 Å². The van der Waals surface area contributed by atoms with Gasteiger partial charge in [0.1, 0.15) is 0 Å². The summed E-state index contributed by atoms with van der Waals surface area (Å²) in [6.45, 7) is 4.72. The number of para-hydroxylation sites is 4. The van der Waals surface area contributed by atoms with Crippen molar-refractivity contribution >= 4 is 38.8 Å². The van der Waals surface area contributed by atoms with Crippen LogP contribution in [0.5, 0.6) is 0 Å². The summed E-state index contributed by atoms with van der Waals surface area (Å²) in [5.41, 5.74) is 12.5.